The van der Waals surface area contributed by atoms with E-state index in [9.17, 15) is 9.59 Å². The number of hydrazine groups is 3. The van der Waals surface area contributed by atoms with Gasteiger partial charge < -0.3 is 0 Å². The van der Waals surface area contributed by atoms with E-state index in [1.807, 2.05) is 0 Å². The summed E-state index contributed by atoms with van der Waals surface area (Å²) >= 11 is 0. The van der Waals surface area contributed by atoms with Crippen LogP contribution in [0.25, 0.3) is 0 Å². The molecule has 0 aliphatic carbocycles. The number of carbonyl (C=O) groups excluding carboxylic acids is 2. The Hall–Kier alpha value is -1.14. The van der Waals surface area contributed by atoms with Crippen LogP contribution in [0.5, 0.6) is 0 Å². The molecule has 0 fully saturated rings. The Balaban J connectivity index is 3.53. The highest BCUT2D eigenvalue weighted by molar-refractivity contribution is 5.74. The van der Waals surface area contributed by atoms with Crippen molar-refractivity contribution in [2.24, 2.45) is 5.84 Å². The highest BCUT2D eigenvalue weighted by Crippen LogP contribution is 1.63. The zero-order valence-electron chi connectivity index (χ0n) is 5.84. The first-order valence-electron chi connectivity index (χ1n) is 2.61. The van der Waals surface area contributed by atoms with Gasteiger partial charge in [0.1, 0.15) is 0 Å². The molecule has 0 aromatic heterocycles. The number of hydrogen-bond acceptors (Lipinski definition) is 4. The van der Waals surface area contributed by atoms with Gasteiger partial charge in [0.05, 0.1) is 0 Å². The molecule has 10 heavy (non-hydrogen) atoms. The predicted molar refractivity (Wildman–Crippen MR) is 33.7 cm³/mol. The van der Waals surface area contributed by atoms with E-state index < -0.39 is 0 Å². The van der Waals surface area contributed by atoms with E-state index in [4.69, 9.17) is 5.84 Å². The summed E-state index contributed by atoms with van der Waals surface area (Å²) in [5, 5.41) is 0.699. The minimum Gasteiger partial charge on any atom is -0.274 e. The van der Waals surface area contributed by atoms with Gasteiger partial charge in [-0.25, -0.2) is 5.84 Å². The Morgan fingerprint density at radius 3 is 1.70 bits per heavy atom. The van der Waals surface area contributed by atoms with Crippen molar-refractivity contribution in [1.29, 1.82) is 0 Å². The van der Waals surface area contributed by atoms with Gasteiger partial charge in [-0.3, -0.25) is 20.4 Å². The van der Waals surface area contributed by atoms with Crippen LogP contribution in [0, 0.1) is 0 Å². The van der Waals surface area contributed by atoms with Crippen molar-refractivity contribution in [3.05, 3.63) is 0 Å². The number of rotatable bonds is 2. The van der Waals surface area contributed by atoms with Crippen LogP contribution in [-0.4, -0.2) is 17.0 Å². The first-order chi connectivity index (χ1) is 4.52. The number of hydrogen-bond donors (Lipinski definition) is 3. The second-order valence-corrected chi connectivity index (χ2v) is 1.71. The first-order valence-corrected chi connectivity index (χ1v) is 2.61. The van der Waals surface area contributed by atoms with E-state index in [1.165, 1.54) is 13.8 Å². The third kappa shape index (κ3) is 5.01. The van der Waals surface area contributed by atoms with Crippen molar-refractivity contribution in [2.75, 3.05) is 0 Å². The van der Waals surface area contributed by atoms with Gasteiger partial charge in [-0.1, -0.05) is 5.23 Å². The number of carbonyl (C=O) groups is 2. The van der Waals surface area contributed by atoms with Crippen molar-refractivity contribution in [1.82, 2.24) is 16.1 Å². The van der Waals surface area contributed by atoms with Gasteiger partial charge in [0, 0.05) is 13.8 Å². The van der Waals surface area contributed by atoms with Gasteiger partial charge in [-0.15, -0.1) is 0 Å². The second-order valence-electron chi connectivity index (χ2n) is 1.71. The Kier molecular flexibility index (Phi) is 3.37. The summed E-state index contributed by atoms with van der Waals surface area (Å²) in [6.07, 6.45) is 0. The van der Waals surface area contributed by atoms with Crippen LogP contribution in [0.15, 0.2) is 0 Å². The largest absolute Gasteiger partial charge is 0.274 e. The zero-order chi connectivity index (χ0) is 8.15. The first kappa shape index (κ1) is 8.86. The molecule has 0 saturated carbocycles. The molecule has 0 radical (unpaired) electrons. The number of nitrogens with two attached hydrogens (primary N) is 1. The van der Waals surface area contributed by atoms with Crippen LogP contribution in [0.1, 0.15) is 13.8 Å². The minimum atomic E-state index is -0.351. The topological polar surface area (TPSA) is 87.5 Å². The van der Waals surface area contributed by atoms with Crippen LogP contribution in [0.3, 0.4) is 0 Å². The summed E-state index contributed by atoms with van der Waals surface area (Å²) in [4.78, 5) is 20.5. The van der Waals surface area contributed by atoms with E-state index in [1.54, 1.807) is 0 Å². The lowest BCUT2D eigenvalue weighted by molar-refractivity contribution is -0.131. The quantitative estimate of drug-likeness (QED) is 0.319. The van der Waals surface area contributed by atoms with Crippen molar-refractivity contribution >= 4 is 11.8 Å². The van der Waals surface area contributed by atoms with Gasteiger partial charge in [-0.2, -0.15) is 0 Å². The molecule has 6 heteroatoms. The number of nitrogens with one attached hydrogen (secondary N) is 2. The minimum absolute atomic E-state index is 0.351. The van der Waals surface area contributed by atoms with Crippen molar-refractivity contribution in [3.8, 4) is 0 Å². The van der Waals surface area contributed by atoms with Gasteiger partial charge in [0.2, 0.25) is 11.8 Å². The average Bonchev–Trinajstić information content (AvgIpc) is 1.58. The smallest absolute Gasteiger partial charge is 0.233 e. The van der Waals surface area contributed by atoms with Gasteiger partial charge in [-0.05, 0) is 0 Å². The maximum Gasteiger partial charge on any atom is 0.233 e. The van der Waals surface area contributed by atoms with Crippen molar-refractivity contribution < 1.29 is 9.59 Å². The van der Waals surface area contributed by atoms with Gasteiger partial charge in [0.25, 0.3) is 0 Å². The van der Waals surface area contributed by atoms with Crippen LogP contribution < -0.4 is 16.7 Å². The van der Waals surface area contributed by atoms with E-state index >= 15 is 0 Å². The van der Waals surface area contributed by atoms with E-state index in [0.29, 0.717) is 5.23 Å². The number of nitrogens with zero attached hydrogens (tertiary/aromatic N) is 1. The van der Waals surface area contributed by atoms with E-state index in [0.717, 1.165) is 0 Å². The maximum absolute atomic E-state index is 10.3. The normalized spacial score (nSPS) is 9.20. The fourth-order valence-corrected chi connectivity index (χ4v) is 0.367. The van der Waals surface area contributed by atoms with Crippen molar-refractivity contribution in [2.45, 2.75) is 13.8 Å². The Morgan fingerprint density at radius 1 is 1.20 bits per heavy atom. The molecule has 0 unspecified atom stereocenters. The summed E-state index contributed by atoms with van der Waals surface area (Å²) in [5.74, 6) is 4.34. The highest BCUT2D eigenvalue weighted by Gasteiger charge is 1.99. The van der Waals surface area contributed by atoms with Gasteiger partial charge >= 0.3 is 0 Å². The molecule has 58 valence electrons. The second kappa shape index (κ2) is 3.80. The molecule has 0 aliphatic heterocycles. The zero-order valence-corrected chi connectivity index (χ0v) is 5.84. The molecule has 0 saturated heterocycles. The monoisotopic (exact) mass is 146 g/mol. The van der Waals surface area contributed by atoms with Gasteiger partial charge in [0.15, 0.2) is 0 Å². The summed E-state index contributed by atoms with van der Waals surface area (Å²) < 4.78 is 0. The molecule has 0 atom stereocenters. The molecule has 0 aromatic rings. The number of amides is 2. The Bertz CT molecular complexity index is 130. The summed E-state index contributed by atoms with van der Waals surface area (Å²) in [7, 11) is 0. The SMILES string of the molecule is CC(=O)NN(N)NC(C)=O. The average molecular weight is 146 g/mol. The lowest BCUT2D eigenvalue weighted by Crippen LogP contribution is -2.56. The molecule has 0 aromatic carbocycles. The summed E-state index contributed by atoms with van der Waals surface area (Å²) in [6.45, 7) is 2.56. The molecule has 2 amide bonds. The fraction of sp³-hybridized carbons (Fsp3) is 0.500. The predicted octanol–water partition coefficient (Wildman–Crippen LogP) is -1.74. The highest BCUT2D eigenvalue weighted by atomic mass is 16.2. The molecule has 0 bridgehead atoms. The van der Waals surface area contributed by atoms with Crippen LogP contribution >= 0.6 is 0 Å². The fourth-order valence-electron chi connectivity index (χ4n) is 0.367. The van der Waals surface area contributed by atoms with Crippen LogP contribution in [0.2, 0.25) is 0 Å². The third-order valence-corrected chi connectivity index (χ3v) is 0.556. The van der Waals surface area contributed by atoms with Crippen LogP contribution in [0.4, 0.5) is 0 Å². The molecular weight excluding hydrogens is 136 g/mol. The van der Waals surface area contributed by atoms with Crippen molar-refractivity contribution in [3.63, 3.8) is 0 Å². The third-order valence-electron chi connectivity index (χ3n) is 0.556. The molecule has 6 nitrogen and oxygen atoms in total. The molecule has 0 spiro atoms. The standard InChI is InChI=1S/C4H10N4O2/c1-3(9)6-8(5)7-4(2)10/h5H2,1-2H3,(H,6,9)(H,7,10). The summed E-state index contributed by atoms with van der Waals surface area (Å²) in [5.41, 5.74) is 4.23. The lowest BCUT2D eigenvalue weighted by Gasteiger charge is -2.14. The summed E-state index contributed by atoms with van der Waals surface area (Å²) in [6, 6.07) is 0. The molecule has 0 heterocycles. The Labute approximate surface area is 58.3 Å². The Morgan fingerprint density at radius 2 is 1.50 bits per heavy atom. The molecule has 4 N–H and O–H groups in total. The molecule has 0 aliphatic rings. The van der Waals surface area contributed by atoms with E-state index in [-0.39, 0.29) is 11.8 Å². The van der Waals surface area contributed by atoms with E-state index in [2.05, 4.69) is 10.9 Å². The molecular formula is C4H10N4O2. The van der Waals surface area contributed by atoms with Crippen LogP contribution in [-0.2, 0) is 9.59 Å². The lowest BCUT2D eigenvalue weighted by atomic mass is 10.7. The maximum atomic E-state index is 10.3. The molecule has 0 rings (SSSR count).